The molecule has 1 aliphatic carbocycles. The fraction of sp³-hybridized carbons (Fsp3) is 0.316. The number of nitrogens with zero attached hydrogens (tertiary/aromatic N) is 1. The van der Waals surface area contributed by atoms with Crippen LogP contribution in [0.15, 0.2) is 29.6 Å². The van der Waals surface area contributed by atoms with Gasteiger partial charge in [0.15, 0.2) is 6.10 Å². The molecule has 0 bridgehead atoms. The lowest BCUT2D eigenvalue weighted by Crippen LogP contribution is -2.30. The third-order valence-corrected chi connectivity index (χ3v) is 5.28. The summed E-state index contributed by atoms with van der Waals surface area (Å²) < 4.78 is 5.34. The summed E-state index contributed by atoms with van der Waals surface area (Å²) in [6, 6.07) is 8.60. The maximum absolute atomic E-state index is 12.4. The van der Waals surface area contributed by atoms with E-state index in [1.54, 1.807) is 42.5 Å². The minimum Gasteiger partial charge on any atom is -0.449 e. The Labute approximate surface area is 150 Å². The Balaban J connectivity index is 1.64. The summed E-state index contributed by atoms with van der Waals surface area (Å²) in [6.45, 7) is 1.54. The quantitative estimate of drug-likeness (QED) is 0.850. The first-order chi connectivity index (χ1) is 12.1. The molecule has 0 aliphatic heterocycles. The number of carbonyl (C=O) groups is 2. The Morgan fingerprint density at radius 2 is 2.12 bits per heavy atom. The van der Waals surface area contributed by atoms with Crippen molar-refractivity contribution in [3.63, 3.8) is 0 Å². The van der Waals surface area contributed by atoms with Crippen molar-refractivity contribution in [3.8, 4) is 6.07 Å². The van der Waals surface area contributed by atoms with Gasteiger partial charge in [-0.1, -0.05) is 6.07 Å². The topological polar surface area (TPSA) is 79.2 Å². The third-order valence-electron chi connectivity index (χ3n) is 4.19. The molecule has 3 rings (SSSR count). The molecule has 0 spiro atoms. The molecule has 128 valence electrons. The highest BCUT2D eigenvalue weighted by Gasteiger charge is 2.24. The van der Waals surface area contributed by atoms with E-state index in [-0.39, 0.29) is 0 Å². The van der Waals surface area contributed by atoms with Crippen LogP contribution in [0.4, 0.5) is 5.69 Å². The zero-order valence-corrected chi connectivity index (χ0v) is 14.7. The van der Waals surface area contributed by atoms with Crippen molar-refractivity contribution in [1.82, 2.24) is 0 Å². The lowest BCUT2D eigenvalue weighted by molar-refractivity contribution is -0.123. The third kappa shape index (κ3) is 3.89. The van der Waals surface area contributed by atoms with E-state index in [4.69, 9.17) is 10.00 Å². The van der Waals surface area contributed by atoms with Crippen LogP contribution in [-0.2, 0) is 22.4 Å². The lowest BCUT2D eigenvalue weighted by atomic mass is 9.96. The number of anilines is 1. The molecule has 1 N–H and O–H groups in total. The zero-order chi connectivity index (χ0) is 17.8. The highest BCUT2D eigenvalue weighted by molar-refractivity contribution is 7.10. The Morgan fingerprint density at radius 1 is 1.32 bits per heavy atom. The first-order valence-corrected chi connectivity index (χ1v) is 9.07. The molecule has 0 saturated carbocycles. The highest BCUT2D eigenvalue weighted by atomic mass is 32.1. The van der Waals surface area contributed by atoms with Crippen LogP contribution in [0.3, 0.4) is 0 Å². The van der Waals surface area contributed by atoms with E-state index in [0.29, 0.717) is 16.8 Å². The van der Waals surface area contributed by atoms with Gasteiger partial charge >= 0.3 is 5.97 Å². The van der Waals surface area contributed by atoms with Crippen molar-refractivity contribution in [2.75, 3.05) is 5.32 Å². The van der Waals surface area contributed by atoms with Gasteiger partial charge in [-0.2, -0.15) is 5.26 Å². The average Bonchev–Trinajstić information content (AvgIpc) is 3.06. The number of ether oxygens (including phenoxy) is 1. The molecular weight excluding hydrogens is 336 g/mol. The minimum atomic E-state index is -0.919. The van der Waals surface area contributed by atoms with Gasteiger partial charge in [-0.3, -0.25) is 4.79 Å². The fourth-order valence-electron chi connectivity index (χ4n) is 2.85. The van der Waals surface area contributed by atoms with Gasteiger partial charge in [-0.15, -0.1) is 11.3 Å². The van der Waals surface area contributed by atoms with Gasteiger partial charge < -0.3 is 10.1 Å². The van der Waals surface area contributed by atoms with Crippen LogP contribution in [0, 0.1) is 11.3 Å². The first-order valence-electron chi connectivity index (χ1n) is 8.19. The van der Waals surface area contributed by atoms with Crippen molar-refractivity contribution in [2.24, 2.45) is 0 Å². The summed E-state index contributed by atoms with van der Waals surface area (Å²) in [4.78, 5) is 25.9. The summed E-state index contributed by atoms with van der Waals surface area (Å²) in [5, 5.41) is 13.4. The summed E-state index contributed by atoms with van der Waals surface area (Å²) in [7, 11) is 0. The molecule has 2 aromatic rings. The Kier molecular flexibility index (Phi) is 5.15. The van der Waals surface area contributed by atoms with Crippen LogP contribution in [0.25, 0.3) is 0 Å². The summed E-state index contributed by atoms with van der Waals surface area (Å²) in [5.74, 6) is -0.875. The largest absolute Gasteiger partial charge is 0.449 e. The number of benzene rings is 1. The monoisotopic (exact) mass is 354 g/mol. The standard InChI is InChI=1S/C19H18N2O3S/c1-12(18(22)21-14-6-4-5-13(9-14)10-20)24-19(23)16-11-25-17-8-3-2-7-15(16)17/h4-6,9,11-12H,2-3,7-8H2,1H3,(H,21,22). The van der Waals surface area contributed by atoms with E-state index in [9.17, 15) is 9.59 Å². The number of hydrogen-bond acceptors (Lipinski definition) is 5. The smallest absolute Gasteiger partial charge is 0.340 e. The molecule has 1 heterocycles. The van der Waals surface area contributed by atoms with E-state index >= 15 is 0 Å². The van der Waals surface area contributed by atoms with Crippen LogP contribution in [0.5, 0.6) is 0 Å². The molecule has 1 unspecified atom stereocenters. The lowest BCUT2D eigenvalue weighted by Gasteiger charge is -2.15. The molecule has 1 aromatic heterocycles. The highest BCUT2D eigenvalue weighted by Crippen LogP contribution is 2.30. The van der Waals surface area contributed by atoms with Gasteiger partial charge in [-0.25, -0.2) is 4.79 Å². The van der Waals surface area contributed by atoms with E-state index in [2.05, 4.69) is 5.32 Å². The summed E-state index contributed by atoms with van der Waals surface area (Å²) in [6.07, 6.45) is 3.22. The maximum Gasteiger partial charge on any atom is 0.340 e. The number of aryl methyl sites for hydroxylation is 1. The van der Waals surface area contributed by atoms with Crippen LogP contribution in [0.1, 0.15) is 46.1 Å². The second-order valence-corrected chi connectivity index (χ2v) is 6.95. The minimum absolute atomic E-state index is 0.424. The molecule has 0 saturated heterocycles. The number of carbonyl (C=O) groups excluding carboxylic acids is 2. The average molecular weight is 354 g/mol. The first kappa shape index (κ1) is 17.2. The second kappa shape index (κ2) is 7.49. The van der Waals surface area contributed by atoms with Crippen molar-refractivity contribution < 1.29 is 14.3 Å². The Hall–Kier alpha value is -2.65. The van der Waals surface area contributed by atoms with Crippen LogP contribution >= 0.6 is 11.3 Å². The summed E-state index contributed by atoms with van der Waals surface area (Å²) in [5.41, 5.74) is 2.62. The number of thiophene rings is 1. The molecule has 1 atom stereocenters. The van der Waals surface area contributed by atoms with Gasteiger partial charge in [0.05, 0.1) is 17.2 Å². The van der Waals surface area contributed by atoms with Crippen LogP contribution in [-0.4, -0.2) is 18.0 Å². The molecule has 1 aromatic carbocycles. The predicted molar refractivity (Wildman–Crippen MR) is 95.6 cm³/mol. The molecule has 5 nitrogen and oxygen atoms in total. The number of rotatable bonds is 4. The molecule has 0 fully saturated rings. The van der Waals surface area contributed by atoms with E-state index in [0.717, 1.165) is 31.2 Å². The Bertz CT molecular complexity index is 851. The van der Waals surface area contributed by atoms with Crippen molar-refractivity contribution in [1.29, 1.82) is 5.26 Å². The van der Waals surface area contributed by atoms with Crippen molar-refractivity contribution >= 4 is 28.9 Å². The molecular formula is C19H18N2O3S. The molecule has 25 heavy (non-hydrogen) atoms. The SMILES string of the molecule is CC(OC(=O)c1csc2c1CCCC2)C(=O)Nc1cccc(C#N)c1. The van der Waals surface area contributed by atoms with Crippen molar-refractivity contribution in [2.45, 2.75) is 38.7 Å². The molecule has 6 heteroatoms. The number of nitriles is 1. The molecule has 1 aliphatic rings. The van der Waals surface area contributed by atoms with Gasteiger partial charge in [0.2, 0.25) is 0 Å². The number of amides is 1. The van der Waals surface area contributed by atoms with Crippen LogP contribution in [0.2, 0.25) is 0 Å². The number of nitrogens with one attached hydrogen (secondary N) is 1. The van der Waals surface area contributed by atoms with E-state index in [1.165, 1.54) is 4.88 Å². The zero-order valence-electron chi connectivity index (χ0n) is 13.9. The molecule has 0 radical (unpaired) electrons. The maximum atomic E-state index is 12.4. The van der Waals surface area contributed by atoms with E-state index in [1.807, 2.05) is 11.4 Å². The summed E-state index contributed by atoms with van der Waals surface area (Å²) >= 11 is 1.59. The van der Waals surface area contributed by atoms with Gasteiger partial charge in [-0.05, 0) is 56.4 Å². The normalized spacial score (nSPS) is 14.1. The van der Waals surface area contributed by atoms with Gasteiger partial charge in [0, 0.05) is 15.9 Å². The van der Waals surface area contributed by atoms with Gasteiger partial charge in [0.1, 0.15) is 0 Å². The van der Waals surface area contributed by atoms with Crippen molar-refractivity contribution in [3.05, 3.63) is 51.2 Å². The number of esters is 1. The van der Waals surface area contributed by atoms with Gasteiger partial charge in [0.25, 0.3) is 5.91 Å². The van der Waals surface area contributed by atoms with Crippen LogP contribution < -0.4 is 5.32 Å². The second-order valence-electron chi connectivity index (χ2n) is 5.99. The number of hydrogen-bond donors (Lipinski definition) is 1. The van der Waals surface area contributed by atoms with E-state index < -0.39 is 18.0 Å². The fourth-order valence-corrected chi connectivity index (χ4v) is 3.97. The number of fused-ring (bicyclic) bond motifs is 1. The predicted octanol–water partition coefficient (Wildman–Crippen LogP) is 3.68. The molecule has 1 amide bonds. The Morgan fingerprint density at radius 3 is 2.92 bits per heavy atom.